The number of fused-ring (bicyclic) bond motifs is 4. The Kier molecular flexibility index (Phi) is 7.16. The number of amides is 1. The maximum Gasteiger partial charge on any atom is 0.573 e. The SMILES string of the molecule is CC(C)(C)OC(=O)N1C2CCC1CN(c1nc(OCC=O)nc3c(F)c(-c4c(OC(F)(F)F)ccc5[nH]ncc45)ncc13)C2. The molecule has 2 bridgehead atoms. The van der Waals surface area contributed by atoms with Crippen LogP contribution in [0.15, 0.2) is 24.5 Å². The van der Waals surface area contributed by atoms with E-state index in [0.29, 0.717) is 37.7 Å². The molecule has 5 heterocycles. The molecule has 2 saturated heterocycles. The van der Waals surface area contributed by atoms with Gasteiger partial charge < -0.3 is 19.1 Å². The van der Waals surface area contributed by atoms with E-state index in [2.05, 4.69) is 29.9 Å². The second-order valence-electron chi connectivity index (χ2n) is 11.5. The Bertz CT molecular complexity index is 1740. The average molecular weight is 618 g/mol. The van der Waals surface area contributed by atoms with Crippen molar-refractivity contribution >= 4 is 40.0 Å². The lowest BCUT2D eigenvalue weighted by Crippen LogP contribution is -2.57. The third-order valence-electron chi connectivity index (χ3n) is 7.36. The van der Waals surface area contributed by atoms with Crippen LogP contribution in [0, 0.1) is 5.82 Å². The van der Waals surface area contributed by atoms with Gasteiger partial charge in [-0.25, -0.2) is 9.18 Å². The van der Waals surface area contributed by atoms with Gasteiger partial charge in [-0.1, -0.05) is 0 Å². The van der Waals surface area contributed by atoms with E-state index in [0.717, 1.165) is 6.07 Å². The summed E-state index contributed by atoms with van der Waals surface area (Å²) in [5.41, 5.74) is -1.39. The van der Waals surface area contributed by atoms with Gasteiger partial charge in [0.05, 0.1) is 34.7 Å². The van der Waals surface area contributed by atoms with E-state index in [-0.39, 0.29) is 45.8 Å². The van der Waals surface area contributed by atoms with Crippen molar-refractivity contribution < 1.29 is 41.4 Å². The maximum atomic E-state index is 16.4. The summed E-state index contributed by atoms with van der Waals surface area (Å²) >= 11 is 0. The molecule has 0 saturated carbocycles. The first-order chi connectivity index (χ1) is 20.8. The highest BCUT2D eigenvalue weighted by molar-refractivity contribution is 6.00. The van der Waals surface area contributed by atoms with Crippen LogP contribution in [0.3, 0.4) is 0 Å². The standard InChI is InChI=1S/C28H27F4N7O5/c1-27(2,3)44-26(41)39-14-4-5-15(39)13-38(12-14)24-17-10-33-23(21(29)22(17)35-25(36-24)42-9-8-40)20-16-11-34-37-18(16)6-7-19(20)43-28(30,31)32/h6-8,10-11,14-15H,4-5,9,12-13H2,1-3H3,(H,34,37). The largest absolute Gasteiger partial charge is 0.573 e. The number of rotatable bonds is 6. The summed E-state index contributed by atoms with van der Waals surface area (Å²) in [5.74, 6) is -1.50. The second kappa shape index (κ2) is 10.7. The Morgan fingerprint density at radius 3 is 2.48 bits per heavy atom. The normalized spacial score (nSPS) is 18.6. The molecule has 2 aliphatic heterocycles. The van der Waals surface area contributed by atoms with Crippen molar-refractivity contribution in [3.63, 3.8) is 0 Å². The minimum absolute atomic E-state index is 0.138. The molecule has 2 aliphatic rings. The first-order valence-corrected chi connectivity index (χ1v) is 13.7. The van der Waals surface area contributed by atoms with Crippen LogP contribution in [0.5, 0.6) is 11.8 Å². The number of H-pyrrole nitrogens is 1. The molecule has 44 heavy (non-hydrogen) atoms. The summed E-state index contributed by atoms with van der Waals surface area (Å²) in [6.07, 6.45) is -1.08. The molecule has 232 valence electrons. The molecule has 3 aromatic heterocycles. The van der Waals surface area contributed by atoms with E-state index in [1.165, 1.54) is 18.5 Å². The van der Waals surface area contributed by atoms with Crippen molar-refractivity contribution in [2.75, 3.05) is 24.6 Å². The van der Waals surface area contributed by atoms with Gasteiger partial charge in [0, 0.05) is 24.7 Å². The minimum Gasteiger partial charge on any atom is -0.456 e. The number of pyridine rings is 1. The number of aromatic amines is 1. The molecule has 2 unspecified atom stereocenters. The van der Waals surface area contributed by atoms with E-state index < -0.39 is 41.9 Å². The van der Waals surface area contributed by atoms with Crippen molar-refractivity contribution in [2.45, 2.75) is 57.7 Å². The van der Waals surface area contributed by atoms with Crippen molar-refractivity contribution in [3.8, 4) is 23.0 Å². The zero-order valence-electron chi connectivity index (χ0n) is 23.8. The number of aldehydes is 1. The van der Waals surface area contributed by atoms with E-state index in [1.807, 2.05) is 4.90 Å². The summed E-state index contributed by atoms with van der Waals surface area (Å²) < 4.78 is 71.5. The third-order valence-corrected chi connectivity index (χ3v) is 7.36. The number of hydrogen-bond acceptors (Lipinski definition) is 10. The molecule has 0 aliphatic carbocycles. The van der Waals surface area contributed by atoms with Gasteiger partial charge in [-0.2, -0.15) is 15.1 Å². The van der Waals surface area contributed by atoms with Crippen molar-refractivity contribution in [1.82, 2.24) is 30.0 Å². The fourth-order valence-corrected chi connectivity index (χ4v) is 5.75. The number of piperazine rings is 1. The van der Waals surface area contributed by atoms with Gasteiger partial charge in [0.15, 0.2) is 12.1 Å². The first kappa shape index (κ1) is 29.3. The summed E-state index contributed by atoms with van der Waals surface area (Å²) in [4.78, 5) is 40.4. The molecule has 1 N–H and O–H groups in total. The summed E-state index contributed by atoms with van der Waals surface area (Å²) in [7, 11) is 0. The summed E-state index contributed by atoms with van der Waals surface area (Å²) in [6.45, 7) is 5.61. The van der Waals surface area contributed by atoms with Gasteiger partial charge >= 0.3 is 18.5 Å². The number of nitrogens with zero attached hydrogens (tertiary/aromatic N) is 6. The summed E-state index contributed by atoms with van der Waals surface area (Å²) in [5, 5.41) is 6.80. The third kappa shape index (κ3) is 5.51. The number of anilines is 1. The van der Waals surface area contributed by atoms with Gasteiger partial charge in [-0.3, -0.25) is 19.8 Å². The Labute approximate surface area is 247 Å². The maximum absolute atomic E-state index is 16.4. The van der Waals surface area contributed by atoms with Crippen LogP contribution < -0.4 is 14.4 Å². The molecule has 4 aromatic rings. The van der Waals surface area contributed by atoms with Gasteiger partial charge in [0.2, 0.25) is 0 Å². The number of carbonyl (C=O) groups is 2. The monoisotopic (exact) mass is 617 g/mol. The highest BCUT2D eigenvalue weighted by Crippen LogP contribution is 2.42. The van der Waals surface area contributed by atoms with E-state index in [9.17, 15) is 22.8 Å². The topological polar surface area (TPSA) is 136 Å². The Morgan fingerprint density at radius 1 is 1.09 bits per heavy atom. The Morgan fingerprint density at radius 2 is 1.82 bits per heavy atom. The van der Waals surface area contributed by atoms with E-state index in [1.54, 1.807) is 25.7 Å². The fourth-order valence-electron chi connectivity index (χ4n) is 5.75. The molecule has 6 rings (SSSR count). The van der Waals surface area contributed by atoms with Crippen LogP contribution in [0.1, 0.15) is 33.6 Å². The molecule has 1 aromatic carbocycles. The highest BCUT2D eigenvalue weighted by atomic mass is 19.4. The van der Waals surface area contributed by atoms with Crippen LogP contribution in [-0.4, -0.2) is 86.2 Å². The summed E-state index contributed by atoms with van der Waals surface area (Å²) in [6, 6.07) is 1.61. The predicted molar refractivity (Wildman–Crippen MR) is 148 cm³/mol. The molecule has 12 nitrogen and oxygen atoms in total. The molecular formula is C28H27F4N7O5. The highest BCUT2D eigenvalue weighted by Gasteiger charge is 2.45. The predicted octanol–water partition coefficient (Wildman–Crippen LogP) is 4.77. The lowest BCUT2D eigenvalue weighted by molar-refractivity contribution is -0.274. The van der Waals surface area contributed by atoms with Crippen molar-refractivity contribution in [2.24, 2.45) is 0 Å². The minimum atomic E-state index is -5.06. The van der Waals surface area contributed by atoms with E-state index >= 15 is 4.39 Å². The zero-order valence-corrected chi connectivity index (χ0v) is 23.8. The molecular weight excluding hydrogens is 590 g/mol. The van der Waals surface area contributed by atoms with Crippen LogP contribution >= 0.6 is 0 Å². The first-order valence-electron chi connectivity index (χ1n) is 13.7. The average Bonchev–Trinajstić information content (AvgIpc) is 3.52. The molecule has 1 amide bonds. The lowest BCUT2D eigenvalue weighted by Gasteiger charge is -2.42. The number of aromatic nitrogens is 5. The molecule has 2 atom stereocenters. The van der Waals surface area contributed by atoms with Crippen LogP contribution in [0.2, 0.25) is 0 Å². The molecule has 16 heteroatoms. The van der Waals surface area contributed by atoms with Gasteiger partial charge in [-0.05, 0) is 45.7 Å². The lowest BCUT2D eigenvalue weighted by atomic mass is 10.0. The number of carbonyl (C=O) groups excluding carboxylic acids is 2. The fraction of sp³-hybridized carbons (Fsp3) is 0.429. The number of ether oxygens (including phenoxy) is 3. The molecule has 2 fully saturated rings. The van der Waals surface area contributed by atoms with Crippen LogP contribution in [0.4, 0.5) is 28.2 Å². The number of hydrogen-bond donors (Lipinski definition) is 1. The number of benzene rings is 1. The quantitative estimate of drug-likeness (QED) is 0.238. The number of alkyl halides is 3. The van der Waals surface area contributed by atoms with Crippen LogP contribution in [-0.2, 0) is 9.53 Å². The van der Waals surface area contributed by atoms with E-state index in [4.69, 9.17) is 9.47 Å². The van der Waals surface area contributed by atoms with Crippen molar-refractivity contribution in [3.05, 3.63) is 30.3 Å². The smallest absolute Gasteiger partial charge is 0.456 e. The molecule has 0 spiro atoms. The number of nitrogens with one attached hydrogen (secondary N) is 1. The van der Waals surface area contributed by atoms with Crippen molar-refractivity contribution in [1.29, 1.82) is 0 Å². The van der Waals surface area contributed by atoms with Gasteiger partial charge in [0.25, 0.3) is 0 Å². The number of halogens is 4. The van der Waals surface area contributed by atoms with Gasteiger partial charge in [-0.15, -0.1) is 13.2 Å². The Balaban J connectivity index is 1.45. The van der Waals surface area contributed by atoms with Crippen LogP contribution in [0.25, 0.3) is 33.1 Å². The zero-order chi connectivity index (χ0) is 31.4. The Hall–Kier alpha value is -4.76. The molecule has 0 radical (unpaired) electrons. The van der Waals surface area contributed by atoms with Gasteiger partial charge in [0.1, 0.15) is 35.0 Å². The second-order valence-corrected chi connectivity index (χ2v) is 11.5.